The van der Waals surface area contributed by atoms with Crippen LogP contribution in [0.2, 0.25) is 0 Å². The molecule has 2 N–H and O–H groups in total. The van der Waals surface area contributed by atoms with Gasteiger partial charge in [0.25, 0.3) is 0 Å². The Morgan fingerprint density at radius 1 is 1.40 bits per heavy atom. The molecule has 0 unspecified atom stereocenters. The number of aliphatic carboxylic acids is 1. The van der Waals surface area contributed by atoms with Crippen LogP contribution in [0.25, 0.3) is 0 Å². The second-order valence-corrected chi connectivity index (χ2v) is 5.81. The van der Waals surface area contributed by atoms with Crippen molar-refractivity contribution < 1.29 is 14.7 Å². The number of hydrogen-bond acceptors (Lipinski definition) is 3. The molecule has 1 amide bonds. The molecule has 1 aromatic heterocycles. The zero-order chi connectivity index (χ0) is 14.6. The number of carbonyl (C=O) groups excluding carboxylic acids is 1. The maximum atomic E-state index is 12.3. The van der Waals surface area contributed by atoms with Crippen molar-refractivity contribution in [2.75, 3.05) is 7.05 Å². The number of carbonyl (C=O) groups is 2. The summed E-state index contributed by atoms with van der Waals surface area (Å²) in [6.45, 7) is 0.498. The second kappa shape index (κ2) is 6.07. The van der Waals surface area contributed by atoms with Crippen molar-refractivity contribution in [1.29, 1.82) is 0 Å². The van der Waals surface area contributed by atoms with Crippen LogP contribution in [-0.2, 0) is 16.1 Å². The Kier molecular flexibility index (Phi) is 4.42. The summed E-state index contributed by atoms with van der Waals surface area (Å²) in [7, 11) is 1.75. The van der Waals surface area contributed by atoms with Crippen LogP contribution in [-0.4, -0.2) is 39.1 Å². The Morgan fingerprint density at radius 3 is 2.65 bits per heavy atom. The first-order valence-corrected chi connectivity index (χ1v) is 6.94. The smallest absolute Gasteiger partial charge is 0.303 e. The van der Waals surface area contributed by atoms with Crippen molar-refractivity contribution in [3.8, 4) is 0 Å². The summed E-state index contributed by atoms with van der Waals surface area (Å²) in [5, 5.41) is 15.6. The van der Waals surface area contributed by atoms with Gasteiger partial charge in [-0.1, -0.05) is 12.8 Å². The molecule has 6 heteroatoms. The Labute approximate surface area is 118 Å². The van der Waals surface area contributed by atoms with E-state index in [1.165, 1.54) is 0 Å². The molecule has 1 aliphatic rings. The summed E-state index contributed by atoms with van der Waals surface area (Å²) in [6.07, 6.45) is 7.58. The molecule has 20 heavy (non-hydrogen) atoms. The van der Waals surface area contributed by atoms with Crippen LogP contribution in [0.15, 0.2) is 12.4 Å². The number of carboxylic acid groups (broad SMARTS) is 1. The molecule has 1 saturated carbocycles. The molecular weight excluding hydrogens is 258 g/mol. The van der Waals surface area contributed by atoms with Gasteiger partial charge in [-0.25, -0.2) is 0 Å². The molecule has 0 atom stereocenters. The highest BCUT2D eigenvalue weighted by atomic mass is 16.4. The van der Waals surface area contributed by atoms with Crippen LogP contribution in [0.5, 0.6) is 0 Å². The minimum atomic E-state index is -0.808. The van der Waals surface area contributed by atoms with Gasteiger partial charge in [-0.2, -0.15) is 5.10 Å². The lowest BCUT2D eigenvalue weighted by Crippen LogP contribution is -2.33. The summed E-state index contributed by atoms with van der Waals surface area (Å²) in [4.78, 5) is 25.0. The largest absolute Gasteiger partial charge is 0.481 e. The molecule has 2 rings (SSSR count). The molecule has 1 aliphatic carbocycles. The quantitative estimate of drug-likeness (QED) is 0.831. The van der Waals surface area contributed by atoms with Crippen LogP contribution in [0.1, 0.15) is 44.1 Å². The first-order chi connectivity index (χ1) is 9.51. The average molecular weight is 279 g/mol. The zero-order valence-electron chi connectivity index (χ0n) is 11.8. The van der Waals surface area contributed by atoms with Gasteiger partial charge in [-0.3, -0.25) is 14.7 Å². The number of rotatable bonds is 6. The fourth-order valence-electron chi connectivity index (χ4n) is 3.04. The third kappa shape index (κ3) is 3.59. The minimum Gasteiger partial charge on any atom is -0.481 e. The normalized spacial score (nSPS) is 17.1. The average Bonchev–Trinajstić information content (AvgIpc) is 3.00. The number of aromatic nitrogens is 2. The van der Waals surface area contributed by atoms with Gasteiger partial charge >= 0.3 is 5.97 Å². The lowest BCUT2D eigenvalue weighted by atomic mass is 9.79. The van der Waals surface area contributed by atoms with E-state index < -0.39 is 5.97 Å². The van der Waals surface area contributed by atoms with Crippen LogP contribution in [0, 0.1) is 5.41 Å². The van der Waals surface area contributed by atoms with Crippen LogP contribution < -0.4 is 0 Å². The van der Waals surface area contributed by atoms with Gasteiger partial charge in [0.1, 0.15) is 0 Å². The summed E-state index contributed by atoms with van der Waals surface area (Å²) in [5.41, 5.74) is 0.604. The van der Waals surface area contributed by atoms with Crippen molar-refractivity contribution in [3.05, 3.63) is 18.0 Å². The van der Waals surface area contributed by atoms with Gasteiger partial charge in [0, 0.05) is 31.8 Å². The van der Waals surface area contributed by atoms with E-state index in [-0.39, 0.29) is 17.7 Å². The van der Waals surface area contributed by atoms with E-state index in [4.69, 9.17) is 5.11 Å². The van der Waals surface area contributed by atoms with Crippen molar-refractivity contribution in [3.63, 3.8) is 0 Å². The molecule has 1 fully saturated rings. The monoisotopic (exact) mass is 279 g/mol. The SMILES string of the molecule is CN(Cc1cn[nH]c1)C(=O)CC1(CC(=O)O)CCCC1. The Balaban J connectivity index is 1.95. The molecule has 0 spiro atoms. The zero-order valence-corrected chi connectivity index (χ0v) is 11.8. The molecule has 110 valence electrons. The summed E-state index contributed by atoms with van der Waals surface area (Å²) in [6, 6.07) is 0. The molecule has 0 radical (unpaired) electrons. The fraction of sp³-hybridized carbons (Fsp3) is 0.643. The maximum Gasteiger partial charge on any atom is 0.303 e. The van der Waals surface area contributed by atoms with Crippen molar-refractivity contribution in [2.24, 2.45) is 5.41 Å². The van der Waals surface area contributed by atoms with Crippen LogP contribution in [0.4, 0.5) is 0 Å². The number of nitrogens with zero attached hydrogens (tertiary/aromatic N) is 2. The summed E-state index contributed by atoms with van der Waals surface area (Å²) in [5.74, 6) is -0.800. The summed E-state index contributed by atoms with van der Waals surface area (Å²) >= 11 is 0. The Morgan fingerprint density at radius 2 is 2.10 bits per heavy atom. The van der Waals surface area contributed by atoms with E-state index in [1.807, 2.05) is 0 Å². The fourth-order valence-corrected chi connectivity index (χ4v) is 3.04. The van der Waals surface area contributed by atoms with Crippen LogP contribution >= 0.6 is 0 Å². The van der Waals surface area contributed by atoms with Gasteiger partial charge in [0.2, 0.25) is 5.91 Å². The molecular formula is C14H21N3O3. The van der Waals surface area contributed by atoms with E-state index >= 15 is 0 Å². The van der Waals surface area contributed by atoms with E-state index in [9.17, 15) is 9.59 Å². The van der Waals surface area contributed by atoms with E-state index in [2.05, 4.69) is 10.2 Å². The van der Waals surface area contributed by atoms with E-state index in [0.29, 0.717) is 13.0 Å². The maximum absolute atomic E-state index is 12.3. The molecule has 0 aliphatic heterocycles. The molecule has 0 bridgehead atoms. The number of amides is 1. The van der Waals surface area contributed by atoms with Crippen molar-refractivity contribution in [1.82, 2.24) is 15.1 Å². The number of H-pyrrole nitrogens is 1. The molecule has 0 saturated heterocycles. The first-order valence-electron chi connectivity index (χ1n) is 6.94. The Bertz CT molecular complexity index is 464. The third-order valence-corrected chi connectivity index (χ3v) is 4.12. The van der Waals surface area contributed by atoms with E-state index in [0.717, 1.165) is 31.2 Å². The lowest BCUT2D eigenvalue weighted by molar-refractivity contribution is -0.141. The highest BCUT2D eigenvalue weighted by molar-refractivity contribution is 5.78. The van der Waals surface area contributed by atoms with Gasteiger partial charge in [0.15, 0.2) is 0 Å². The van der Waals surface area contributed by atoms with Crippen LogP contribution in [0.3, 0.4) is 0 Å². The molecule has 6 nitrogen and oxygen atoms in total. The first kappa shape index (κ1) is 14.6. The minimum absolute atomic E-state index is 0.00866. The van der Waals surface area contributed by atoms with Gasteiger partial charge in [-0.05, 0) is 18.3 Å². The standard InChI is InChI=1S/C14H21N3O3/c1-17(10-11-8-15-16-9-11)12(18)6-14(7-13(19)20)4-2-3-5-14/h8-9H,2-7,10H2,1H3,(H,15,16)(H,19,20). The Hall–Kier alpha value is -1.85. The second-order valence-electron chi connectivity index (χ2n) is 5.81. The molecule has 1 aromatic rings. The van der Waals surface area contributed by atoms with Gasteiger partial charge in [0.05, 0.1) is 12.6 Å². The number of hydrogen-bond donors (Lipinski definition) is 2. The van der Waals surface area contributed by atoms with Crippen molar-refractivity contribution >= 4 is 11.9 Å². The van der Waals surface area contributed by atoms with Gasteiger partial charge < -0.3 is 10.0 Å². The number of carboxylic acids is 1. The van der Waals surface area contributed by atoms with E-state index in [1.54, 1.807) is 24.3 Å². The third-order valence-electron chi connectivity index (χ3n) is 4.12. The molecule has 1 heterocycles. The predicted octanol–water partition coefficient (Wildman–Crippen LogP) is 1.79. The highest BCUT2D eigenvalue weighted by Gasteiger charge is 2.38. The molecule has 0 aromatic carbocycles. The van der Waals surface area contributed by atoms with Crippen molar-refractivity contribution in [2.45, 2.75) is 45.1 Å². The topological polar surface area (TPSA) is 86.3 Å². The lowest BCUT2D eigenvalue weighted by Gasteiger charge is -2.28. The number of aromatic amines is 1. The predicted molar refractivity (Wildman–Crippen MR) is 72.8 cm³/mol. The summed E-state index contributed by atoms with van der Waals surface area (Å²) < 4.78 is 0. The number of nitrogens with one attached hydrogen (secondary N) is 1. The highest BCUT2D eigenvalue weighted by Crippen LogP contribution is 2.44. The van der Waals surface area contributed by atoms with Gasteiger partial charge in [-0.15, -0.1) is 0 Å².